The Labute approximate surface area is 845 Å². The maximum absolute atomic E-state index is 5.34. The molecule has 33 rings (SSSR count). The van der Waals surface area contributed by atoms with E-state index in [2.05, 4.69) is 498 Å². The van der Waals surface area contributed by atoms with E-state index in [1.165, 1.54) is 109 Å². The first-order chi connectivity index (χ1) is 73.2. The lowest BCUT2D eigenvalue weighted by Gasteiger charge is -2.28. The molecule has 0 N–H and O–H groups in total. The molecule has 692 valence electrons. The Morgan fingerprint density at radius 2 is 0.514 bits per heavy atom. The van der Waals surface area contributed by atoms with E-state index in [-0.39, 0.29) is 5.41 Å². The Bertz CT molecular complexity index is 11200. The predicted octanol–water partition coefficient (Wildman–Crippen LogP) is 33.2. The normalized spacial score (nSPS) is 12.6. The summed E-state index contributed by atoms with van der Waals surface area (Å²) in [5.74, 6) is 2.48. The summed E-state index contributed by atoms with van der Waals surface area (Å²) in [6, 6.07) is 171. The summed E-state index contributed by atoms with van der Waals surface area (Å²) >= 11 is 0. The van der Waals surface area contributed by atoms with E-state index < -0.39 is 0 Å². The monoisotopic (exact) mass is 1890 g/mol. The Morgan fingerprint density at radius 1 is 0.189 bits per heavy atom. The fourth-order valence-corrected chi connectivity index (χ4v) is 24.3. The highest BCUT2D eigenvalue weighted by atomic mass is 15.3. The highest BCUT2D eigenvalue weighted by molar-refractivity contribution is 6.21. The molecule has 0 fully saturated rings. The van der Waals surface area contributed by atoms with E-state index in [0.29, 0.717) is 0 Å². The van der Waals surface area contributed by atoms with Crippen LogP contribution in [0.15, 0.2) is 479 Å². The molecule has 0 saturated carbocycles. The lowest BCUT2D eigenvalue weighted by molar-refractivity contribution is 0.660. The number of nitrogens with zero attached hydrogens (tertiary/aromatic N) is 15. The molecule has 0 aliphatic heterocycles. The fraction of sp³-hybridized carbons (Fsp3) is 0.0226. The number of para-hydroxylation sites is 16. The molecule has 11 heterocycles. The first-order valence-corrected chi connectivity index (χ1v) is 50.4. The van der Waals surface area contributed by atoms with Gasteiger partial charge in [0.25, 0.3) is 0 Å². The van der Waals surface area contributed by atoms with Gasteiger partial charge in [0, 0.05) is 109 Å². The zero-order chi connectivity index (χ0) is 97.2. The van der Waals surface area contributed by atoms with Crippen molar-refractivity contribution in [3.63, 3.8) is 0 Å². The minimum Gasteiger partial charge on any atom is -0.310 e. The van der Waals surface area contributed by atoms with E-state index in [1.807, 2.05) is 36.4 Å². The van der Waals surface area contributed by atoms with Crippen LogP contribution in [0.1, 0.15) is 25.0 Å². The fourth-order valence-electron chi connectivity index (χ4n) is 24.3. The molecule has 11 aromatic heterocycles. The van der Waals surface area contributed by atoms with Gasteiger partial charge in [-0.05, 0) is 233 Å². The molecule has 0 bridgehead atoms. The number of anilines is 3. The van der Waals surface area contributed by atoms with Crippen molar-refractivity contribution in [3.05, 3.63) is 490 Å². The summed E-state index contributed by atoms with van der Waals surface area (Å²) in [6.45, 7) is 4.69. The van der Waals surface area contributed by atoms with Crippen molar-refractivity contribution in [1.82, 2.24) is 65.9 Å². The number of aromatic nitrogens is 14. The maximum atomic E-state index is 5.34. The molecule has 148 heavy (non-hydrogen) atoms. The van der Waals surface area contributed by atoms with Crippen molar-refractivity contribution in [2.45, 2.75) is 19.3 Å². The van der Waals surface area contributed by atoms with Gasteiger partial charge in [0.05, 0.1) is 105 Å². The van der Waals surface area contributed by atoms with Gasteiger partial charge in [-0.25, -0.2) is 29.9 Å². The molecule has 0 spiro atoms. The van der Waals surface area contributed by atoms with Gasteiger partial charge in [-0.1, -0.05) is 299 Å². The quantitative estimate of drug-likeness (QED) is 0.141. The first kappa shape index (κ1) is 82.8. The smallest absolute Gasteiger partial charge is 0.221 e. The molecule has 0 amide bonds. The van der Waals surface area contributed by atoms with Gasteiger partial charge in [0.2, 0.25) is 17.8 Å². The second-order valence-corrected chi connectivity index (χ2v) is 39.3. The van der Waals surface area contributed by atoms with Crippen LogP contribution in [-0.2, 0) is 5.41 Å². The maximum Gasteiger partial charge on any atom is 0.221 e. The van der Waals surface area contributed by atoms with Gasteiger partial charge in [0.15, 0.2) is 0 Å². The van der Waals surface area contributed by atoms with Crippen molar-refractivity contribution in [1.29, 1.82) is 0 Å². The molecule has 0 unspecified atom stereocenters. The van der Waals surface area contributed by atoms with Crippen molar-refractivity contribution < 1.29 is 0 Å². The average molecular weight is 1890 g/mol. The molecule has 32 aromatic rings. The van der Waals surface area contributed by atoms with Crippen LogP contribution < -0.4 is 4.90 Å². The molecule has 0 atom stereocenters. The molecule has 21 aromatic carbocycles. The zero-order valence-corrected chi connectivity index (χ0v) is 80.3. The standard InChI is InChI=1S/C53H37N5.C42H25N5.C38H23N5/c1-53(2)44-19-9-6-16-39(44)40-30-29-38(33-45(40)53)56(36-14-4-3-5-15-36)37-27-24-34(25-28-37)35-26-31-49-43(32-35)41-17-8-12-22-48(41)57(49)52-55-46-20-10-7-18-42(46)51-54-47-21-11-13-23-50(47)58(51)52;1-2-12-28-26(11-1)21-23-31-29-13-4-8-18-36(29)45(40(28)31)27-22-24-38-33(25-27)30-14-5-9-19-37(30)46(38)42-44-34-16-6-3-15-32(34)41-43-35-17-7-10-20-39(35)47(41)42;1-5-15-30-28(14-1)37-39-31-16-6-10-20-36(31)43(37)38(40-30)42-34-19-9-4-13-27(34)29-23-24(21-22-35(29)42)41-32-17-7-2-11-25(32)26-12-3-8-18-33(26)41/h3-33H,1-2H3;1-25H;1-23H. The summed E-state index contributed by atoms with van der Waals surface area (Å²) in [5, 5.41) is 17.7. The van der Waals surface area contributed by atoms with Gasteiger partial charge in [-0.2, -0.15) is 0 Å². The van der Waals surface area contributed by atoms with Crippen LogP contribution in [0.5, 0.6) is 0 Å². The molecule has 0 radical (unpaired) electrons. The molecule has 15 nitrogen and oxygen atoms in total. The second kappa shape index (κ2) is 32.1. The van der Waals surface area contributed by atoms with Crippen LogP contribution in [0, 0.1) is 0 Å². The summed E-state index contributed by atoms with van der Waals surface area (Å²) in [7, 11) is 0. The van der Waals surface area contributed by atoms with Gasteiger partial charge in [0.1, 0.15) is 16.9 Å². The van der Waals surface area contributed by atoms with Crippen LogP contribution >= 0.6 is 0 Å². The lowest BCUT2D eigenvalue weighted by atomic mass is 9.82. The van der Waals surface area contributed by atoms with Crippen LogP contribution in [0.4, 0.5) is 17.1 Å². The van der Waals surface area contributed by atoms with Gasteiger partial charge in [-0.3, -0.25) is 26.9 Å². The van der Waals surface area contributed by atoms with Crippen LogP contribution in [0.2, 0.25) is 0 Å². The number of hydrogen-bond donors (Lipinski definition) is 0. The number of benzene rings is 21. The lowest BCUT2D eigenvalue weighted by Crippen LogP contribution is -2.16. The summed E-state index contributed by atoms with van der Waals surface area (Å²) in [4.78, 5) is 33.7. The number of imidazole rings is 3. The van der Waals surface area contributed by atoms with Crippen LogP contribution in [-0.4, -0.2) is 65.9 Å². The van der Waals surface area contributed by atoms with Crippen molar-refractivity contribution in [2.24, 2.45) is 0 Å². The van der Waals surface area contributed by atoms with E-state index in [4.69, 9.17) is 29.9 Å². The zero-order valence-electron chi connectivity index (χ0n) is 80.3. The first-order valence-electron chi connectivity index (χ1n) is 50.4. The second-order valence-electron chi connectivity index (χ2n) is 39.3. The summed E-state index contributed by atoms with van der Waals surface area (Å²) < 4.78 is 18.4. The van der Waals surface area contributed by atoms with E-state index in [0.717, 1.165) is 173 Å². The molecule has 1 aliphatic carbocycles. The minimum absolute atomic E-state index is 0.0845. The molecular weight excluding hydrogens is 1810 g/mol. The number of rotatable bonds is 9. The van der Waals surface area contributed by atoms with Gasteiger partial charge < -0.3 is 14.0 Å². The third-order valence-corrected chi connectivity index (χ3v) is 30.9. The Morgan fingerprint density at radius 3 is 0.986 bits per heavy atom. The molecular formula is C133H85N15. The third kappa shape index (κ3) is 12.3. The Balaban J connectivity index is 0.000000102. The van der Waals surface area contributed by atoms with E-state index in [9.17, 15) is 0 Å². The Kier molecular flexibility index (Phi) is 17.9. The predicted molar refractivity (Wildman–Crippen MR) is 611 cm³/mol. The minimum atomic E-state index is -0.0845. The third-order valence-electron chi connectivity index (χ3n) is 30.9. The summed E-state index contributed by atoms with van der Waals surface area (Å²) in [5.41, 5.74) is 36.2. The van der Waals surface area contributed by atoms with Gasteiger partial charge >= 0.3 is 0 Å². The van der Waals surface area contributed by atoms with Crippen LogP contribution in [0.25, 0.3) is 254 Å². The SMILES string of the molecule is CC1(C)c2ccccc2-c2ccc(N(c3ccccc3)c3ccc(-c4ccc5c(c4)c4ccccc4n5-c4nc5ccccc5c5nc6ccccc6n45)cc3)cc21.c1ccc2c(c1)ccc1c3ccccc3n(-c3ccc4c(c3)c3ccccc3n4-c3nc4ccccc4c4nc5ccccc5n34)c21.c1ccc2c(c1)nc(-n1c3ccccc3c3cc(-n4c5ccccc5c5ccccc54)ccc31)n1c3ccccc3nc21. The largest absolute Gasteiger partial charge is 0.310 e. The Hall–Kier alpha value is -19.9. The van der Waals surface area contributed by atoms with E-state index in [1.54, 1.807) is 0 Å². The topological polar surface area (TPSA) is 118 Å². The molecule has 1 aliphatic rings. The van der Waals surface area contributed by atoms with E-state index >= 15 is 0 Å². The molecule has 0 saturated heterocycles. The number of hydrogen-bond acceptors (Lipinski definition) is 7. The van der Waals surface area contributed by atoms with Crippen molar-refractivity contribution in [3.8, 4) is 51.5 Å². The highest BCUT2D eigenvalue weighted by Crippen LogP contribution is 2.52. The van der Waals surface area contributed by atoms with Crippen molar-refractivity contribution in [2.75, 3.05) is 4.90 Å². The number of fused-ring (bicyclic) bond motifs is 35. The van der Waals surface area contributed by atoms with Crippen LogP contribution in [0.3, 0.4) is 0 Å². The summed E-state index contributed by atoms with van der Waals surface area (Å²) in [6.07, 6.45) is 0. The molecule has 15 heteroatoms. The van der Waals surface area contributed by atoms with Crippen molar-refractivity contribution >= 4 is 220 Å². The average Bonchev–Trinajstić information content (AvgIpc) is 1.56. The highest BCUT2D eigenvalue weighted by Gasteiger charge is 2.37. The van der Waals surface area contributed by atoms with Gasteiger partial charge in [-0.15, -0.1) is 0 Å².